The maximum atomic E-state index is 12.5. The number of hydrogen-bond acceptors (Lipinski definition) is 5. The smallest absolute Gasteiger partial charge is 0.255 e. The summed E-state index contributed by atoms with van der Waals surface area (Å²) in [5.41, 5.74) is 2.73. The third-order valence-corrected chi connectivity index (χ3v) is 6.23. The number of aliphatic imine (C=N–C) groups is 1. The summed E-state index contributed by atoms with van der Waals surface area (Å²) in [6.07, 6.45) is 4.00. The van der Waals surface area contributed by atoms with E-state index in [0.29, 0.717) is 12.4 Å². The van der Waals surface area contributed by atoms with Gasteiger partial charge in [-0.1, -0.05) is 0 Å². The number of fused-ring (bicyclic) bond motifs is 1. The molecular formula is C17H19BrN4OS. The van der Waals surface area contributed by atoms with Crippen LogP contribution in [0.1, 0.15) is 41.2 Å². The van der Waals surface area contributed by atoms with Crippen LogP contribution >= 0.6 is 27.3 Å². The van der Waals surface area contributed by atoms with E-state index < -0.39 is 0 Å². The van der Waals surface area contributed by atoms with Crippen LogP contribution in [-0.2, 0) is 19.5 Å². The lowest BCUT2D eigenvalue weighted by Crippen LogP contribution is -2.36. The molecule has 4 heterocycles. The monoisotopic (exact) mass is 406 g/mol. The van der Waals surface area contributed by atoms with Crippen molar-refractivity contribution in [3.8, 4) is 0 Å². The Kier molecular flexibility index (Phi) is 4.65. The minimum absolute atomic E-state index is 0.000309. The van der Waals surface area contributed by atoms with E-state index in [1.807, 2.05) is 0 Å². The maximum Gasteiger partial charge on any atom is 0.255 e. The van der Waals surface area contributed by atoms with E-state index in [0.717, 1.165) is 66.8 Å². The van der Waals surface area contributed by atoms with Gasteiger partial charge in [-0.2, -0.15) is 0 Å². The van der Waals surface area contributed by atoms with Crippen LogP contribution in [-0.4, -0.2) is 33.7 Å². The molecule has 0 saturated carbocycles. The largest absolute Gasteiger partial charge is 0.305 e. The molecule has 2 aliphatic heterocycles. The molecule has 1 N–H and O–H groups in total. The Balaban J connectivity index is 1.56. The van der Waals surface area contributed by atoms with E-state index in [1.165, 1.54) is 4.88 Å². The first-order chi connectivity index (χ1) is 11.7. The van der Waals surface area contributed by atoms with E-state index in [4.69, 9.17) is 4.98 Å². The molecule has 0 fully saturated rings. The van der Waals surface area contributed by atoms with Crippen molar-refractivity contribution >= 4 is 33.0 Å². The van der Waals surface area contributed by atoms with E-state index in [-0.39, 0.29) is 5.56 Å². The molecule has 24 heavy (non-hydrogen) atoms. The summed E-state index contributed by atoms with van der Waals surface area (Å²) in [5, 5.41) is 2.10. The number of H-pyrrole nitrogens is 1. The Labute approximate surface area is 153 Å². The van der Waals surface area contributed by atoms with Gasteiger partial charge in [0.25, 0.3) is 5.56 Å². The van der Waals surface area contributed by atoms with Crippen molar-refractivity contribution in [3.63, 3.8) is 0 Å². The topological polar surface area (TPSA) is 61.4 Å². The van der Waals surface area contributed by atoms with Gasteiger partial charge < -0.3 is 4.98 Å². The third-order valence-electron chi connectivity index (χ3n) is 4.55. The number of halogens is 1. The highest BCUT2D eigenvalue weighted by atomic mass is 79.9. The van der Waals surface area contributed by atoms with Gasteiger partial charge >= 0.3 is 0 Å². The zero-order chi connectivity index (χ0) is 16.5. The van der Waals surface area contributed by atoms with Gasteiger partial charge in [-0.25, -0.2) is 4.98 Å². The lowest BCUT2D eigenvalue weighted by molar-refractivity contribution is 0.243. The Morgan fingerprint density at radius 2 is 2.25 bits per heavy atom. The number of aromatic nitrogens is 2. The first-order valence-electron chi connectivity index (χ1n) is 8.30. The fourth-order valence-electron chi connectivity index (χ4n) is 3.30. The van der Waals surface area contributed by atoms with Crippen molar-refractivity contribution in [1.82, 2.24) is 14.9 Å². The Hall–Kier alpha value is -1.31. The number of aromatic amines is 1. The number of hydrogen-bond donors (Lipinski definition) is 1. The molecule has 2 aromatic rings. The Bertz CT molecular complexity index is 841. The summed E-state index contributed by atoms with van der Waals surface area (Å²) in [4.78, 5) is 28.4. The summed E-state index contributed by atoms with van der Waals surface area (Å²) >= 11 is 5.24. The zero-order valence-corrected chi connectivity index (χ0v) is 15.8. The van der Waals surface area contributed by atoms with Crippen LogP contribution < -0.4 is 5.56 Å². The molecule has 0 saturated heterocycles. The zero-order valence-electron chi connectivity index (χ0n) is 13.3. The fourth-order valence-corrected chi connectivity index (χ4v) is 4.79. The van der Waals surface area contributed by atoms with Gasteiger partial charge in [0.2, 0.25) is 0 Å². The predicted molar refractivity (Wildman–Crippen MR) is 99.9 cm³/mol. The van der Waals surface area contributed by atoms with Crippen molar-refractivity contribution in [3.05, 3.63) is 48.2 Å². The lowest BCUT2D eigenvalue weighted by Gasteiger charge is -2.27. The molecule has 5 nitrogen and oxygen atoms in total. The van der Waals surface area contributed by atoms with Crippen molar-refractivity contribution in [2.45, 2.75) is 38.8 Å². The predicted octanol–water partition coefficient (Wildman–Crippen LogP) is 3.13. The number of rotatable bonds is 3. The minimum atomic E-state index is 0.000309. The second kappa shape index (κ2) is 6.90. The number of nitrogens with zero attached hydrogens (tertiary/aromatic N) is 3. The molecule has 0 radical (unpaired) electrons. The molecule has 0 amide bonds. The van der Waals surface area contributed by atoms with Gasteiger partial charge in [-0.3, -0.25) is 14.7 Å². The molecule has 7 heteroatoms. The van der Waals surface area contributed by atoms with Gasteiger partial charge in [0.05, 0.1) is 17.0 Å². The lowest BCUT2D eigenvalue weighted by atomic mass is 10.1. The van der Waals surface area contributed by atoms with Crippen molar-refractivity contribution in [2.24, 2.45) is 4.99 Å². The van der Waals surface area contributed by atoms with Crippen LogP contribution in [0.4, 0.5) is 0 Å². The molecule has 0 bridgehead atoms. The Morgan fingerprint density at radius 1 is 1.33 bits per heavy atom. The van der Waals surface area contributed by atoms with Crippen LogP contribution in [0, 0.1) is 0 Å². The summed E-state index contributed by atoms with van der Waals surface area (Å²) < 4.78 is 1.12. The van der Waals surface area contributed by atoms with Crippen LogP contribution in [0.2, 0.25) is 0 Å². The first kappa shape index (κ1) is 16.2. The highest BCUT2D eigenvalue weighted by Crippen LogP contribution is 2.23. The Morgan fingerprint density at radius 3 is 3.00 bits per heavy atom. The van der Waals surface area contributed by atoms with E-state index >= 15 is 0 Å². The molecule has 2 aliphatic rings. The average molecular weight is 407 g/mol. The number of nitrogens with one attached hydrogen (secondary N) is 1. The fraction of sp³-hybridized carbons (Fsp3) is 0.471. The van der Waals surface area contributed by atoms with Gasteiger partial charge in [0.15, 0.2) is 5.82 Å². The third kappa shape index (κ3) is 3.38. The van der Waals surface area contributed by atoms with Crippen molar-refractivity contribution in [2.75, 3.05) is 13.1 Å². The van der Waals surface area contributed by atoms with Gasteiger partial charge in [0, 0.05) is 47.3 Å². The summed E-state index contributed by atoms with van der Waals surface area (Å²) in [5.74, 6) is 0.689. The van der Waals surface area contributed by atoms with Gasteiger partial charge in [-0.15, -0.1) is 11.3 Å². The standard InChI is InChI=1S/C17H19BrN4OS/c18-11-7-12(24-10-11)8-22-6-4-14-13(9-22)17(23)21-16(20-14)15-3-1-2-5-19-15/h7,10H,1-6,8-9H2,(H,20,21,23). The average Bonchev–Trinajstić information content (AvgIpc) is 3.01. The SMILES string of the molecule is O=c1[nH]c(C2=NCCCC2)nc2c1CN(Cc1cc(Br)cs1)CC2. The highest BCUT2D eigenvalue weighted by Gasteiger charge is 2.23. The summed E-state index contributed by atoms with van der Waals surface area (Å²) in [6.45, 7) is 3.33. The second-order valence-corrected chi connectivity index (χ2v) is 8.23. The molecule has 2 aromatic heterocycles. The maximum absolute atomic E-state index is 12.5. The molecule has 0 spiro atoms. The molecule has 0 atom stereocenters. The molecule has 126 valence electrons. The molecule has 4 rings (SSSR count). The minimum Gasteiger partial charge on any atom is -0.305 e. The van der Waals surface area contributed by atoms with Crippen LogP contribution in [0.15, 0.2) is 25.7 Å². The van der Waals surface area contributed by atoms with Crippen LogP contribution in [0.5, 0.6) is 0 Å². The van der Waals surface area contributed by atoms with Crippen LogP contribution in [0.25, 0.3) is 0 Å². The molecule has 0 unspecified atom stereocenters. The molecular weight excluding hydrogens is 388 g/mol. The van der Waals surface area contributed by atoms with E-state index in [9.17, 15) is 4.79 Å². The van der Waals surface area contributed by atoms with Gasteiger partial charge in [0.1, 0.15) is 0 Å². The quantitative estimate of drug-likeness (QED) is 0.851. The molecule has 0 aromatic carbocycles. The molecule has 0 aliphatic carbocycles. The van der Waals surface area contributed by atoms with E-state index in [1.54, 1.807) is 11.3 Å². The van der Waals surface area contributed by atoms with Crippen molar-refractivity contribution in [1.29, 1.82) is 0 Å². The second-order valence-electron chi connectivity index (χ2n) is 6.32. The normalized spacial score (nSPS) is 18.3. The van der Waals surface area contributed by atoms with Gasteiger partial charge in [-0.05, 0) is 41.3 Å². The van der Waals surface area contributed by atoms with Crippen molar-refractivity contribution < 1.29 is 0 Å². The number of thiophene rings is 1. The summed E-state index contributed by atoms with van der Waals surface area (Å²) in [6, 6.07) is 2.15. The summed E-state index contributed by atoms with van der Waals surface area (Å²) in [7, 11) is 0. The van der Waals surface area contributed by atoms with Crippen LogP contribution in [0.3, 0.4) is 0 Å². The van der Waals surface area contributed by atoms with E-state index in [2.05, 4.69) is 42.3 Å². The first-order valence-corrected chi connectivity index (χ1v) is 9.97. The highest BCUT2D eigenvalue weighted by molar-refractivity contribution is 9.10.